The monoisotopic (exact) mass is 541 g/mol. The van der Waals surface area contributed by atoms with E-state index in [0.29, 0.717) is 19.0 Å². The number of aliphatic hydroxyl groups is 1. The predicted molar refractivity (Wildman–Crippen MR) is 135 cm³/mol. The minimum absolute atomic E-state index is 0. The number of ether oxygens (including phenoxy) is 2. The molecule has 0 radical (unpaired) electrons. The van der Waals surface area contributed by atoms with Crippen LogP contribution in [0.15, 0.2) is 53.5 Å². The van der Waals surface area contributed by atoms with Crippen LogP contribution in [-0.4, -0.2) is 45.4 Å². The fraction of sp³-hybridized carbons (Fsp3) is 0.318. The third-order valence-corrected chi connectivity index (χ3v) is 5.85. The Morgan fingerprint density at radius 1 is 1.10 bits per heavy atom. The van der Waals surface area contributed by atoms with Gasteiger partial charge in [0.1, 0.15) is 17.6 Å². The van der Waals surface area contributed by atoms with E-state index in [1.807, 2.05) is 36.4 Å². The number of hydrogen-bond donors (Lipinski definition) is 3. The van der Waals surface area contributed by atoms with Gasteiger partial charge in [-0.05, 0) is 47.7 Å². The molecule has 0 amide bonds. The molecule has 3 rings (SSSR count). The molecule has 0 fully saturated rings. The van der Waals surface area contributed by atoms with Gasteiger partial charge in [-0.25, -0.2) is 0 Å². The Bertz CT molecular complexity index is 944. The number of guanidine groups is 1. The normalized spacial score (nSPS) is 12.2. The maximum atomic E-state index is 10.5. The molecule has 2 aromatic carbocycles. The fourth-order valence-electron chi connectivity index (χ4n) is 3.07. The first-order valence-corrected chi connectivity index (χ1v) is 10.3. The maximum absolute atomic E-state index is 10.5. The minimum Gasteiger partial charge on any atom is -0.497 e. The molecule has 30 heavy (non-hydrogen) atoms. The number of aliphatic hydroxyl groups excluding tert-OH is 1. The number of hydrogen-bond acceptors (Lipinski definition) is 5. The lowest BCUT2D eigenvalue weighted by Crippen LogP contribution is -2.40. The molecule has 3 aromatic rings. The molecule has 0 saturated heterocycles. The summed E-state index contributed by atoms with van der Waals surface area (Å²) in [5, 5.41) is 18.1. The van der Waals surface area contributed by atoms with Crippen molar-refractivity contribution in [1.82, 2.24) is 10.6 Å². The highest BCUT2D eigenvalue weighted by molar-refractivity contribution is 14.0. The van der Waals surface area contributed by atoms with Gasteiger partial charge in [0, 0.05) is 29.7 Å². The molecule has 3 N–H and O–H groups in total. The molecule has 0 bridgehead atoms. The molecule has 1 unspecified atom stereocenters. The summed E-state index contributed by atoms with van der Waals surface area (Å²) in [6.07, 6.45) is 0.157. The number of nitrogens with one attached hydrogen (secondary N) is 2. The van der Waals surface area contributed by atoms with Crippen LogP contribution in [0.2, 0.25) is 0 Å². The van der Waals surface area contributed by atoms with Gasteiger partial charge in [0.25, 0.3) is 0 Å². The number of benzene rings is 2. The van der Waals surface area contributed by atoms with Gasteiger partial charge in [-0.2, -0.15) is 0 Å². The molecule has 0 aliphatic carbocycles. The van der Waals surface area contributed by atoms with Crippen LogP contribution in [0.25, 0.3) is 10.1 Å². The smallest absolute Gasteiger partial charge is 0.191 e. The van der Waals surface area contributed by atoms with Crippen molar-refractivity contribution in [2.75, 3.05) is 34.4 Å². The van der Waals surface area contributed by atoms with E-state index in [1.54, 1.807) is 32.6 Å². The summed E-state index contributed by atoms with van der Waals surface area (Å²) in [5.74, 6) is 2.28. The second-order valence-electron chi connectivity index (χ2n) is 6.51. The zero-order chi connectivity index (χ0) is 20.6. The molecule has 0 aliphatic rings. The third kappa shape index (κ3) is 6.23. The predicted octanol–water partition coefficient (Wildman–Crippen LogP) is 3.98. The summed E-state index contributed by atoms with van der Waals surface area (Å²) in [6.45, 7) is 1.05. The van der Waals surface area contributed by atoms with Gasteiger partial charge in [-0.1, -0.05) is 18.2 Å². The van der Waals surface area contributed by atoms with Gasteiger partial charge < -0.3 is 25.2 Å². The highest BCUT2D eigenvalue weighted by atomic mass is 127. The molecule has 8 heteroatoms. The van der Waals surface area contributed by atoms with Crippen LogP contribution >= 0.6 is 35.3 Å². The summed E-state index contributed by atoms with van der Waals surface area (Å²) in [4.78, 5) is 5.17. The molecule has 0 saturated carbocycles. The standard InChI is InChI=1S/C22H27N3O3S.HI/c1-23-22(24-11-10-15-12-17(27-2)8-9-19(15)28-3)25-14-18(26)21-13-16-6-4-5-7-20(16)29-21;/h4-9,12-13,18,26H,10-11,14H2,1-3H3,(H2,23,24,25);1H. The van der Waals surface area contributed by atoms with Crippen molar-refractivity contribution in [2.24, 2.45) is 4.99 Å². The quantitative estimate of drug-likeness (QED) is 0.229. The van der Waals surface area contributed by atoms with Crippen molar-refractivity contribution in [2.45, 2.75) is 12.5 Å². The first kappa shape index (κ1) is 24.2. The average molecular weight is 541 g/mol. The van der Waals surface area contributed by atoms with Crippen LogP contribution in [0.5, 0.6) is 11.5 Å². The largest absolute Gasteiger partial charge is 0.497 e. The minimum atomic E-state index is -0.593. The maximum Gasteiger partial charge on any atom is 0.191 e. The van der Waals surface area contributed by atoms with Crippen LogP contribution in [-0.2, 0) is 6.42 Å². The van der Waals surface area contributed by atoms with Crippen LogP contribution in [0.3, 0.4) is 0 Å². The van der Waals surface area contributed by atoms with Crippen LogP contribution in [0, 0.1) is 0 Å². The third-order valence-electron chi connectivity index (χ3n) is 4.63. The first-order chi connectivity index (χ1) is 14.1. The van der Waals surface area contributed by atoms with E-state index in [0.717, 1.165) is 33.7 Å². The van der Waals surface area contributed by atoms with Crippen molar-refractivity contribution in [3.63, 3.8) is 0 Å². The van der Waals surface area contributed by atoms with Gasteiger partial charge in [-0.15, -0.1) is 35.3 Å². The topological polar surface area (TPSA) is 75.1 Å². The van der Waals surface area contributed by atoms with Gasteiger partial charge in [0.05, 0.1) is 14.2 Å². The number of thiophene rings is 1. The Morgan fingerprint density at radius 3 is 2.60 bits per heavy atom. The number of rotatable bonds is 8. The van der Waals surface area contributed by atoms with E-state index in [9.17, 15) is 5.11 Å². The molecule has 1 heterocycles. The van der Waals surface area contributed by atoms with Crippen molar-refractivity contribution in [1.29, 1.82) is 0 Å². The van der Waals surface area contributed by atoms with E-state index in [4.69, 9.17) is 9.47 Å². The van der Waals surface area contributed by atoms with Gasteiger partial charge >= 0.3 is 0 Å². The summed E-state index contributed by atoms with van der Waals surface area (Å²) in [7, 11) is 5.03. The number of methoxy groups -OCH3 is 2. The molecule has 6 nitrogen and oxygen atoms in total. The van der Waals surface area contributed by atoms with Crippen LogP contribution in [0.4, 0.5) is 0 Å². The van der Waals surface area contributed by atoms with Gasteiger partial charge in [0.15, 0.2) is 5.96 Å². The fourth-order valence-corrected chi connectivity index (χ4v) is 4.12. The van der Waals surface area contributed by atoms with Crippen molar-refractivity contribution in [3.8, 4) is 11.5 Å². The van der Waals surface area contributed by atoms with Crippen LogP contribution in [0.1, 0.15) is 16.5 Å². The van der Waals surface area contributed by atoms with Crippen molar-refractivity contribution in [3.05, 3.63) is 59.0 Å². The first-order valence-electron chi connectivity index (χ1n) is 9.46. The SMILES string of the molecule is CN=C(NCCc1cc(OC)ccc1OC)NCC(O)c1cc2ccccc2s1.I. The Morgan fingerprint density at radius 2 is 1.90 bits per heavy atom. The molecule has 0 spiro atoms. The summed E-state index contributed by atoms with van der Waals surface area (Å²) < 4.78 is 11.9. The summed E-state index contributed by atoms with van der Waals surface area (Å²) >= 11 is 1.61. The lowest BCUT2D eigenvalue weighted by Gasteiger charge is -2.15. The highest BCUT2D eigenvalue weighted by Crippen LogP contribution is 2.29. The molecule has 1 atom stereocenters. The summed E-state index contributed by atoms with van der Waals surface area (Å²) in [6, 6.07) is 15.9. The van der Waals surface area contributed by atoms with E-state index < -0.39 is 6.10 Å². The van der Waals surface area contributed by atoms with Crippen molar-refractivity contribution >= 4 is 51.4 Å². The van der Waals surface area contributed by atoms with E-state index >= 15 is 0 Å². The molecular weight excluding hydrogens is 513 g/mol. The van der Waals surface area contributed by atoms with Crippen LogP contribution < -0.4 is 20.1 Å². The Hall–Kier alpha value is -2.04. The van der Waals surface area contributed by atoms with Gasteiger partial charge in [0.2, 0.25) is 0 Å². The Labute approximate surface area is 198 Å². The van der Waals surface area contributed by atoms with Gasteiger partial charge in [-0.3, -0.25) is 4.99 Å². The molecular formula is C22H28IN3O3S. The summed E-state index contributed by atoms with van der Waals surface area (Å²) in [5.41, 5.74) is 1.06. The zero-order valence-corrected chi connectivity index (χ0v) is 20.5. The zero-order valence-electron chi connectivity index (χ0n) is 17.3. The molecule has 1 aromatic heterocycles. The number of aliphatic imine (C=N–C) groups is 1. The Balaban J connectivity index is 0.00000320. The van der Waals surface area contributed by atoms with Crippen molar-refractivity contribution < 1.29 is 14.6 Å². The van der Waals surface area contributed by atoms with E-state index in [2.05, 4.69) is 27.8 Å². The second kappa shape index (κ2) is 12.0. The molecule has 162 valence electrons. The molecule has 0 aliphatic heterocycles. The van der Waals surface area contributed by atoms with E-state index in [1.165, 1.54) is 4.70 Å². The Kier molecular flexibility index (Phi) is 9.67. The number of halogens is 1. The lowest BCUT2D eigenvalue weighted by atomic mass is 10.1. The van der Waals surface area contributed by atoms with E-state index in [-0.39, 0.29) is 24.0 Å². The lowest BCUT2D eigenvalue weighted by molar-refractivity contribution is 0.184. The average Bonchev–Trinajstić information content (AvgIpc) is 3.20. The highest BCUT2D eigenvalue weighted by Gasteiger charge is 2.12. The second-order valence-corrected chi connectivity index (χ2v) is 7.63. The number of fused-ring (bicyclic) bond motifs is 1. The number of nitrogens with zero attached hydrogens (tertiary/aromatic N) is 1.